The van der Waals surface area contributed by atoms with E-state index in [-0.39, 0.29) is 35.2 Å². The Balaban J connectivity index is 1.63. The smallest absolute Gasteiger partial charge is 0.276 e. The molecule has 1 aromatic carbocycles. The lowest BCUT2D eigenvalue weighted by atomic mass is 9.95. The maximum Gasteiger partial charge on any atom is 0.276 e. The Morgan fingerprint density at radius 1 is 1.19 bits per heavy atom. The highest BCUT2D eigenvalue weighted by Gasteiger charge is 2.29. The predicted octanol–water partition coefficient (Wildman–Crippen LogP) is 3.00. The fraction of sp³-hybridized carbons (Fsp3) is 0.421. The Labute approximate surface area is 155 Å². The van der Waals surface area contributed by atoms with E-state index in [1.807, 2.05) is 13.8 Å². The summed E-state index contributed by atoms with van der Waals surface area (Å²) < 4.78 is 31.5. The van der Waals surface area contributed by atoms with Gasteiger partial charge in [-0.05, 0) is 44.9 Å². The molecule has 2 heterocycles. The Bertz CT molecular complexity index is 842. The lowest BCUT2D eigenvalue weighted by Gasteiger charge is -2.31. The molecule has 8 heteroatoms. The van der Waals surface area contributed by atoms with Crippen LogP contribution in [-0.4, -0.2) is 41.0 Å². The molecule has 0 saturated carbocycles. The number of aromatic nitrogens is 1. The van der Waals surface area contributed by atoms with Crippen LogP contribution < -0.4 is 5.32 Å². The van der Waals surface area contributed by atoms with Gasteiger partial charge in [0.2, 0.25) is 5.91 Å². The SMILES string of the molecule is CC(C)NC(=O)C1CCN(C(=O)c2cc(-c3ccc(F)c(F)c3)on2)CC1. The molecule has 0 unspecified atom stereocenters. The molecule has 0 aliphatic carbocycles. The van der Waals surface area contributed by atoms with Gasteiger partial charge in [0.15, 0.2) is 23.1 Å². The van der Waals surface area contributed by atoms with Gasteiger partial charge in [0, 0.05) is 36.7 Å². The quantitative estimate of drug-likeness (QED) is 0.889. The van der Waals surface area contributed by atoms with Crippen LogP contribution in [0.2, 0.25) is 0 Å². The number of nitrogens with zero attached hydrogens (tertiary/aromatic N) is 2. The van der Waals surface area contributed by atoms with E-state index >= 15 is 0 Å². The summed E-state index contributed by atoms with van der Waals surface area (Å²) in [7, 11) is 0. The molecule has 0 radical (unpaired) electrons. The molecule has 1 aliphatic rings. The monoisotopic (exact) mass is 377 g/mol. The second-order valence-electron chi connectivity index (χ2n) is 6.94. The Kier molecular flexibility index (Phi) is 5.53. The first-order valence-electron chi connectivity index (χ1n) is 8.87. The van der Waals surface area contributed by atoms with Crippen LogP contribution in [0.1, 0.15) is 37.2 Å². The van der Waals surface area contributed by atoms with E-state index in [2.05, 4.69) is 10.5 Å². The minimum atomic E-state index is -1.00. The first-order valence-corrected chi connectivity index (χ1v) is 8.87. The summed E-state index contributed by atoms with van der Waals surface area (Å²) in [5, 5.41) is 6.64. The molecule has 1 N–H and O–H groups in total. The number of amides is 2. The maximum atomic E-state index is 13.4. The maximum absolute atomic E-state index is 13.4. The van der Waals surface area contributed by atoms with Crippen LogP contribution in [0.4, 0.5) is 8.78 Å². The third kappa shape index (κ3) is 4.32. The lowest BCUT2D eigenvalue weighted by molar-refractivity contribution is -0.126. The molecule has 2 aromatic rings. The number of hydrogen-bond donors (Lipinski definition) is 1. The van der Waals surface area contributed by atoms with E-state index in [4.69, 9.17) is 4.52 Å². The molecule has 6 nitrogen and oxygen atoms in total. The van der Waals surface area contributed by atoms with Gasteiger partial charge in [-0.25, -0.2) is 8.78 Å². The standard InChI is InChI=1S/C19H21F2N3O3/c1-11(2)22-18(25)12-5-7-24(8-6-12)19(26)16-10-17(27-23-16)13-3-4-14(20)15(21)9-13/h3-4,9-12H,5-8H2,1-2H3,(H,22,25). The average molecular weight is 377 g/mol. The molecule has 1 aromatic heterocycles. The molecule has 3 rings (SSSR count). The zero-order valence-corrected chi connectivity index (χ0v) is 15.2. The summed E-state index contributed by atoms with van der Waals surface area (Å²) in [4.78, 5) is 26.3. The van der Waals surface area contributed by atoms with Crippen molar-refractivity contribution in [3.63, 3.8) is 0 Å². The number of piperidine rings is 1. The number of carbonyl (C=O) groups is 2. The number of nitrogens with one attached hydrogen (secondary N) is 1. The predicted molar refractivity (Wildman–Crippen MR) is 93.8 cm³/mol. The first kappa shape index (κ1) is 19.0. The van der Waals surface area contributed by atoms with E-state index in [0.717, 1.165) is 12.1 Å². The van der Waals surface area contributed by atoms with E-state index in [1.165, 1.54) is 12.1 Å². The van der Waals surface area contributed by atoms with Gasteiger partial charge >= 0.3 is 0 Å². The van der Waals surface area contributed by atoms with Crippen molar-refractivity contribution < 1.29 is 22.9 Å². The number of hydrogen-bond acceptors (Lipinski definition) is 4. The number of benzene rings is 1. The Morgan fingerprint density at radius 2 is 1.89 bits per heavy atom. The van der Waals surface area contributed by atoms with Crippen molar-refractivity contribution in [3.8, 4) is 11.3 Å². The number of rotatable bonds is 4. The van der Waals surface area contributed by atoms with Crippen LogP contribution in [0.3, 0.4) is 0 Å². The van der Waals surface area contributed by atoms with Crippen molar-refractivity contribution >= 4 is 11.8 Å². The van der Waals surface area contributed by atoms with Crippen molar-refractivity contribution in [1.29, 1.82) is 0 Å². The molecule has 144 valence electrons. The van der Waals surface area contributed by atoms with Crippen molar-refractivity contribution in [2.24, 2.45) is 5.92 Å². The van der Waals surface area contributed by atoms with Crippen molar-refractivity contribution in [1.82, 2.24) is 15.4 Å². The Morgan fingerprint density at radius 3 is 2.52 bits per heavy atom. The zero-order valence-electron chi connectivity index (χ0n) is 15.2. The van der Waals surface area contributed by atoms with Gasteiger partial charge in [-0.2, -0.15) is 0 Å². The third-order valence-electron chi connectivity index (χ3n) is 4.52. The fourth-order valence-electron chi connectivity index (χ4n) is 3.07. The van der Waals surface area contributed by atoms with Crippen molar-refractivity contribution in [2.45, 2.75) is 32.7 Å². The summed E-state index contributed by atoms with van der Waals surface area (Å²) in [5.41, 5.74) is 0.393. The number of carbonyl (C=O) groups excluding carboxylic acids is 2. The molecule has 27 heavy (non-hydrogen) atoms. The highest BCUT2D eigenvalue weighted by molar-refractivity contribution is 5.93. The van der Waals surface area contributed by atoms with Gasteiger partial charge in [0.1, 0.15) is 0 Å². The van der Waals surface area contributed by atoms with E-state index in [1.54, 1.807) is 4.90 Å². The minimum absolute atomic E-state index is 0.0131. The number of halogens is 2. The summed E-state index contributed by atoms with van der Waals surface area (Å²) >= 11 is 0. The molecule has 0 atom stereocenters. The van der Waals surface area contributed by atoms with Crippen molar-refractivity contribution in [3.05, 3.63) is 41.6 Å². The molecular formula is C19H21F2N3O3. The molecule has 2 amide bonds. The summed E-state index contributed by atoms with van der Waals surface area (Å²) in [6, 6.07) is 4.82. The molecule has 0 spiro atoms. The van der Waals surface area contributed by atoms with Crippen LogP contribution >= 0.6 is 0 Å². The highest BCUT2D eigenvalue weighted by atomic mass is 19.2. The second-order valence-corrected chi connectivity index (χ2v) is 6.94. The van der Waals surface area contributed by atoms with E-state index in [9.17, 15) is 18.4 Å². The second kappa shape index (κ2) is 7.85. The first-order chi connectivity index (χ1) is 12.8. The van der Waals surface area contributed by atoms with Gasteiger partial charge in [-0.15, -0.1) is 0 Å². The van der Waals surface area contributed by atoms with Gasteiger partial charge in [-0.1, -0.05) is 5.16 Å². The van der Waals surface area contributed by atoms with E-state index < -0.39 is 11.6 Å². The van der Waals surface area contributed by atoms with Crippen LogP contribution in [-0.2, 0) is 4.79 Å². The van der Waals surface area contributed by atoms with Gasteiger partial charge in [0.05, 0.1) is 0 Å². The van der Waals surface area contributed by atoms with Crippen molar-refractivity contribution in [2.75, 3.05) is 13.1 Å². The zero-order chi connectivity index (χ0) is 19.6. The van der Waals surface area contributed by atoms with Crippen LogP contribution in [0, 0.1) is 17.6 Å². The molecule has 1 fully saturated rings. The van der Waals surface area contributed by atoms with Gasteiger partial charge in [-0.3, -0.25) is 9.59 Å². The molecule has 1 saturated heterocycles. The van der Waals surface area contributed by atoms with Crippen LogP contribution in [0.5, 0.6) is 0 Å². The van der Waals surface area contributed by atoms with Gasteiger partial charge in [0.25, 0.3) is 5.91 Å². The fourth-order valence-corrected chi connectivity index (χ4v) is 3.07. The number of likely N-dealkylation sites (tertiary alicyclic amines) is 1. The Hall–Kier alpha value is -2.77. The molecule has 1 aliphatic heterocycles. The van der Waals surface area contributed by atoms with Crippen LogP contribution in [0.25, 0.3) is 11.3 Å². The topological polar surface area (TPSA) is 75.4 Å². The normalized spacial score (nSPS) is 15.2. The summed E-state index contributed by atoms with van der Waals surface area (Å²) in [5.74, 6) is -2.18. The lowest BCUT2D eigenvalue weighted by Crippen LogP contribution is -2.44. The average Bonchev–Trinajstić information content (AvgIpc) is 3.13. The summed E-state index contributed by atoms with van der Waals surface area (Å²) in [6.07, 6.45) is 1.16. The van der Waals surface area contributed by atoms with E-state index in [0.29, 0.717) is 31.5 Å². The highest BCUT2D eigenvalue weighted by Crippen LogP contribution is 2.24. The largest absolute Gasteiger partial charge is 0.355 e. The van der Waals surface area contributed by atoms with Crippen LogP contribution in [0.15, 0.2) is 28.8 Å². The third-order valence-corrected chi connectivity index (χ3v) is 4.52. The molecule has 0 bridgehead atoms. The molecular weight excluding hydrogens is 356 g/mol. The summed E-state index contributed by atoms with van der Waals surface area (Å²) in [6.45, 7) is 4.71. The van der Waals surface area contributed by atoms with Gasteiger partial charge < -0.3 is 14.7 Å². The minimum Gasteiger partial charge on any atom is -0.355 e.